The quantitative estimate of drug-likeness (QED) is 0.586. The summed E-state index contributed by atoms with van der Waals surface area (Å²) >= 11 is 0.886. The number of carboxylic acid groups (broad SMARTS) is 1. The van der Waals surface area contributed by atoms with Crippen molar-refractivity contribution in [3.05, 3.63) is 29.3 Å². The molecule has 1 aromatic rings. The van der Waals surface area contributed by atoms with E-state index in [2.05, 4.69) is 0 Å². The van der Waals surface area contributed by atoms with Gasteiger partial charge in [-0.25, -0.2) is 4.79 Å². The standard InChI is InChI=1S/C12H15NO5S/c1-6(14)19-5-10(15)11(16)7-2-3-9(13)8(4-7)12(17)18/h2-4,10-11,15-16H,5,13H2,1H3,(H,17,18). The van der Waals surface area contributed by atoms with Crippen LogP contribution >= 0.6 is 11.8 Å². The van der Waals surface area contributed by atoms with Crippen LogP contribution in [0.5, 0.6) is 0 Å². The molecule has 0 amide bonds. The fraction of sp³-hybridized carbons (Fsp3) is 0.333. The molecule has 0 spiro atoms. The lowest BCUT2D eigenvalue weighted by Gasteiger charge is -2.18. The van der Waals surface area contributed by atoms with E-state index in [0.717, 1.165) is 11.8 Å². The number of nitrogen functional groups attached to an aromatic ring is 1. The number of hydrogen-bond donors (Lipinski definition) is 4. The van der Waals surface area contributed by atoms with Gasteiger partial charge in [-0.1, -0.05) is 17.8 Å². The molecule has 5 N–H and O–H groups in total. The molecule has 6 nitrogen and oxygen atoms in total. The van der Waals surface area contributed by atoms with Gasteiger partial charge in [0.25, 0.3) is 0 Å². The van der Waals surface area contributed by atoms with Crippen molar-refractivity contribution in [3.8, 4) is 0 Å². The highest BCUT2D eigenvalue weighted by molar-refractivity contribution is 8.13. The van der Waals surface area contributed by atoms with Crippen LogP contribution in [0, 0.1) is 0 Å². The molecule has 0 fully saturated rings. The lowest BCUT2D eigenvalue weighted by atomic mass is 10.0. The van der Waals surface area contributed by atoms with E-state index in [9.17, 15) is 19.8 Å². The number of carboxylic acids is 1. The maximum atomic E-state index is 10.9. The van der Waals surface area contributed by atoms with Crippen molar-refractivity contribution in [3.63, 3.8) is 0 Å². The number of aliphatic hydroxyl groups excluding tert-OH is 2. The third-order valence-corrected chi connectivity index (χ3v) is 3.39. The van der Waals surface area contributed by atoms with Crippen molar-refractivity contribution in [1.82, 2.24) is 0 Å². The topological polar surface area (TPSA) is 121 Å². The van der Waals surface area contributed by atoms with Crippen LogP contribution in [-0.2, 0) is 4.79 Å². The van der Waals surface area contributed by atoms with Crippen LogP contribution in [0.15, 0.2) is 18.2 Å². The smallest absolute Gasteiger partial charge is 0.337 e. The molecule has 0 aliphatic carbocycles. The van der Waals surface area contributed by atoms with Crippen LogP contribution < -0.4 is 5.73 Å². The average Bonchev–Trinajstić information content (AvgIpc) is 2.35. The molecule has 1 rings (SSSR count). The van der Waals surface area contributed by atoms with Crippen LogP contribution in [0.3, 0.4) is 0 Å². The fourth-order valence-electron chi connectivity index (χ4n) is 1.46. The van der Waals surface area contributed by atoms with E-state index < -0.39 is 18.2 Å². The Kier molecular flexibility index (Phi) is 5.34. The van der Waals surface area contributed by atoms with Crippen LogP contribution in [0.2, 0.25) is 0 Å². The van der Waals surface area contributed by atoms with Gasteiger partial charge >= 0.3 is 5.97 Å². The zero-order valence-electron chi connectivity index (χ0n) is 10.2. The minimum absolute atomic E-state index is 0.0310. The molecule has 7 heteroatoms. The normalized spacial score (nSPS) is 13.8. The van der Waals surface area contributed by atoms with E-state index in [0.29, 0.717) is 0 Å². The molecule has 0 bridgehead atoms. The van der Waals surface area contributed by atoms with Crippen LogP contribution in [0.25, 0.3) is 0 Å². The Morgan fingerprint density at radius 3 is 2.53 bits per heavy atom. The molecule has 0 aliphatic heterocycles. The Morgan fingerprint density at radius 1 is 1.37 bits per heavy atom. The van der Waals surface area contributed by atoms with E-state index in [1.165, 1.54) is 25.1 Å². The highest BCUT2D eigenvalue weighted by Crippen LogP contribution is 2.23. The molecular formula is C12H15NO5S. The summed E-state index contributed by atoms with van der Waals surface area (Å²) < 4.78 is 0. The summed E-state index contributed by atoms with van der Waals surface area (Å²) in [5, 5.41) is 28.3. The summed E-state index contributed by atoms with van der Waals surface area (Å²) in [5.41, 5.74) is 5.67. The van der Waals surface area contributed by atoms with Gasteiger partial charge in [-0.15, -0.1) is 0 Å². The van der Waals surface area contributed by atoms with E-state index in [4.69, 9.17) is 10.8 Å². The van der Waals surface area contributed by atoms with Crippen LogP contribution in [0.1, 0.15) is 28.9 Å². The number of aromatic carboxylic acids is 1. The second-order valence-corrected chi connectivity index (χ2v) is 5.16. The Bertz CT molecular complexity index is 491. The summed E-state index contributed by atoms with van der Waals surface area (Å²) in [6, 6.07) is 4.00. The zero-order chi connectivity index (χ0) is 14.6. The van der Waals surface area contributed by atoms with E-state index in [-0.39, 0.29) is 27.7 Å². The Balaban J connectivity index is 2.87. The van der Waals surface area contributed by atoms with Gasteiger partial charge in [-0.3, -0.25) is 4.79 Å². The van der Waals surface area contributed by atoms with E-state index in [1.807, 2.05) is 0 Å². The number of carbonyl (C=O) groups excluding carboxylic acids is 1. The molecular weight excluding hydrogens is 270 g/mol. The summed E-state index contributed by atoms with van der Waals surface area (Å²) in [6.45, 7) is 1.36. The number of nitrogens with two attached hydrogens (primary N) is 1. The first-order valence-corrected chi connectivity index (χ1v) is 6.43. The number of carbonyl (C=O) groups is 2. The van der Waals surface area contributed by atoms with Gasteiger partial charge in [0.2, 0.25) is 0 Å². The van der Waals surface area contributed by atoms with E-state index in [1.54, 1.807) is 0 Å². The number of rotatable bonds is 5. The van der Waals surface area contributed by atoms with Gasteiger partial charge in [0, 0.05) is 18.4 Å². The number of thioether (sulfide) groups is 1. The van der Waals surface area contributed by atoms with Crippen molar-refractivity contribution >= 4 is 28.5 Å². The number of aliphatic hydroxyl groups is 2. The summed E-state index contributed by atoms with van der Waals surface area (Å²) in [4.78, 5) is 21.7. The lowest BCUT2D eigenvalue weighted by molar-refractivity contribution is -0.109. The molecule has 0 aromatic heterocycles. The van der Waals surface area contributed by atoms with Crippen molar-refractivity contribution in [2.24, 2.45) is 0 Å². The molecule has 0 saturated carbocycles. The number of anilines is 1. The second-order valence-electron chi connectivity index (χ2n) is 3.97. The first-order chi connectivity index (χ1) is 8.82. The summed E-state index contributed by atoms with van der Waals surface area (Å²) in [6.07, 6.45) is -2.44. The highest BCUT2D eigenvalue weighted by atomic mass is 32.2. The van der Waals surface area contributed by atoms with Gasteiger partial charge in [-0.05, 0) is 17.7 Å². The van der Waals surface area contributed by atoms with Crippen LogP contribution in [-0.4, -0.2) is 38.3 Å². The van der Waals surface area contributed by atoms with Gasteiger partial charge in [-0.2, -0.15) is 0 Å². The lowest BCUT2D eigenvalue weighted by Crippen LogP contribution is -2.21. The summed E-state index contributed by atoms with van der Waals surface area (Å²) in [7, 11) is 0. The van der Waals surface area contributed by atoms with Gasteiger partial charge in [0.05, 0.1) is 11.7 Å². The SMILES string of the molecule is CC(=O)SCC(O)C(O)c1ccc(N)c(C(=O)O)c1. The van der Waals surface area contributed by atoms with Crippen molar-refractivity contribution < 1.29 is 24.9 Å². The summed E-state index contributed by atoms with van der Waals surface area (Å²) in [5.74, 6) is -1.18. The largest absolute Gasteiger partial charge is 0.478 e. The Morgan fingerprint density at radius 2 is 2.00 bits per heavy atom. The number of hydrogen-bond acceptors (Lipinski definition) is 6. The molecule has 1 aromatic carbocycles. The third-order valence-electron chi connectivity index (χ3n) is 2.47. The van der Waals surface area contributed by atoms with Crippen LogP contribution in [0.4, 0.5) is 5.69 Å². The maximum absolute atomic E-state index is 10.9. The molecule has 19 heavy (non-hydrogen) atoms. The molecule has 0 saturated heterocycles. The first-order valence-electron chi connectivity index (χ1n) is 5.45. The molecule has 2 unspecified atom stereocenters. The van der Waals surface area contributed by atoms with Crippen molar-refractivity contribution in [2.75, 3.05) is 11.5 Å². The molecule has 2 atom stereocenters. The van der Waals surface area contributed by atoms with Gasteiger partial charge < -0.3 is 21.1 Å². The van der Waals surface area contributed by atoms with Crippen molar-refractivity contribution in [1.29, 1.82) is 0 Å². The van der Waals surface area contributed by atoms with Crippen molar-refractivity contribution in [2.45, 2.75) is 19.1 Å². The predicted molar refractivity (Wildman–Crippen MR) is 71.9 cm³/mol. The monoisotopic (exact) mass is 285 g/mol. The van der Waals surface area contributed by atoms with Gasteiger partial charge in [0.15, 0.2) is 5.12 Å². The molecule has 0 aliphatic rings. The Labute approximate surface area is 114 Å². The Hall–Kier alpha value is -1.57. The minimum atomic E-state index is -1.27. The maximum Gasteiger partial charge on any atom is 0.337 e. The first kappa shape index (κ1) is 15.5. The number of benzene rings is 1. The zero-order valence-corrected chi connectivity index (χ0v) is 11.1. The van der Waals surface area contributed by atoms with E-state index >= 15 is 0 Å². The molecule has 0 heterocycles. The average molecular weight is 285 g/mol. The predicted octanol–water partition coefficient (Wildman–Crippen LogP) is 0.641. The third kappa shape index (κ3) is 4.23. The second kappa shape index (κ2) is 6.55. The van der Waals surface area contributed by atoms with Gasteiger partial charge in [0.1, 0.15) is 6.10 Å². The molecule has 104 valence electrons. The molecule has 0 radical (unpaired) electrons. The fourth-order valence-corrected chi connectivity index (χ4v) is 2.05. The highest BCUT2D eigenvalue weighted by Gasteiger charge is 2.21. The minimum Gasteiger partial charge on any atom is -0.478 e.